The minimum Gasteiger partial charge on any atom is -0.383 e. The molecule has 0 bridgehead atoms. The summed E-state index contributed by atoms with van der Waals surface area (Å²) in [5, 5.41) is 7.17. The van der Waals surface area contributed by atoms with Crippen LogP contribution in [0.3, 0.4) is 0 Å². The predicted octanol–water partition coefficient (Wildman–Crippen LogP) is 2.37. The molecule has 2 heterocycles. The maximum atomic E-state index is 12.3. The van der Waals surface area contributed by atoms with Crippen LogP contribution in [0.5, 0.6) is 0 Å². The lowest BCUT2D eigenvalue weighted by molar-refractivity contribution is 0.0979. The first-order valence-corrected chi connectivity index (χ1v) is 7.02. The van der Waals surface area contributed by atoms with Crippen LogP contribution in [-0.4, -0.2) is 34.3 Å². The summed E-state index contributed by atoms with van der Waals surface area (Å²) in [5.74, 6) is -0.0760. The van der Waals surface area contributed by atoms with E-state index >= 15 is 0 Å². The number of Topliss-reactive ketones (excluding diaryl/α,β-unsaturated/α-hetero) is 1. The van der Waals surface area contributed by atoms with Gasteiger partial charge in [-0.15, -0.1) is 11.3 Å². The van der Waals surface area contributed by atoms with Gasteiger partial charge in [-0.2, -0.15) is 5.10 Å². The zero-order valence-corrected chi connectivity index (χ0v) is 12.3. The van der Waals surface area contributed by atoms with Crippen LogP contribution >= 0.6 is 22.9 Å². The quantitative estimate of drug-likeness (QED) is 0.769. The number of carbonyl (C=O) groups excluding carboxylic acids is 1. The smallest absolute Gasteiger partial charge is 0.189 e. The van der Waals surface area contributed by atoms with Gasteiger partial charge >= 0.3 is 0 Å². The summed E-state index contributed by atoms with van der Waals surface area (Å²) in [6.07, 6.45) is 1.73. The minimum absolute atomic E-state index is 0.0760. The molecule has 2 rings (SSSR count). The van der Waals surface area contributed by atoms with Crippen LogP contribution in [0.15, 0.2) is 11.6 Å². The Bertz CT molecular complexity index is 579. The molecule has 0 amide bonds. The van der Waals surface area contributed by atoms with E-state index in [-0.39, 0.29) is 12.2 Å². The number of hydrogen-bond donors (Lipinski definition) is 0. The molecule has 2 aromatic rings. The summed E-state index contributed by atoms with van der Waals surface area (Å²) < 4.78 is 6.56. The molecule has 5 nitrogen and oxygen atoms in total. The van der Waals surface area contributed by atoms with Crippen molar-refractivity contribution < 1.29 is 9.53 Å². The highest BCUT2D eigenvalue weighted by Gasteiger charge is 2.18. The van der Waals surface area contributed by atoms with Gasteiger partial charge in [-0.1, -0.05) is 11.6 Å². The third-order valence-corrected chi connectivity index (χ3v) is 3.79. The van der Waals surface area contributed by atoms with Gasteiger partial charge in [0.1, 0.15) is 10.7 Å². The molecule has 0 aliphatic heterocycles. The number of thiazole rings is 1. The molecule has 0 aliphatic carbocycles. The van der Waals surface area contributed by atoms with E-state index in [9.17, 15) is 4.79 Å². The fourth-order valence-electron chi connectivity index (χ4n) is 1.69. The third kappa shape index (κ3) is 3.40. The Morgan fingerprint density at radius 2 is 2.37 bits per heavy atom. The average molecular weight is 300 g/mol. The minimum atomic E-state index is -0.0760. The number of ketones is 1. The number of ether oxygens (including phenoxy) is 1. The summed E-state index contributed by atoms with van der Waals surface area (Å²) in [6, 6.07) is 0. The second-order valence-electron chi connectivity index (χ2n) is 4.04. The van der Waals surface area contributed by atoms with E-state index in [0.29, 0.717) is 23.9 Å². The lowest BCUT2D eigenvalue weighted by Gasteiger charge is -2.05. The van der Waals surface area contributed by atoms with Gasteiger partial charge in [-0.05, 0) is 6.92 Å². The van der Waals surface area contributed by atoms with Crippen molar-refractivity contribution in [2.45, 2.75) is 19.9 Å². The topological polar surface area (TPSA) is 57.0 Å². The van der Waals surface area contributed by atoms with Crippen LogP contribution in [0.25, 0.3) is 0 Å². The third-order valence-electron chi connectivity index (χ3n) is 2.54. The van der Waals surface area contributed by atoms with Crippen LogP contribution in [0, 0.1) is 6.92 Å². The molecular weight excluding hydrogens is 286 g/mol. The average Bonchev–Trinajstić information content (AvgIpc) is 2.93. The summed E-state index contributed by atoms with van der Waals surface area (Å²) >= 11 is 7.50. The Labute approximate surface area is 120 Å². The summed E-state index contributed by atoms with van der Waals surface area (Å²) in [7, 11) is 1.60. The molecular formula is C12H14ClN3O2S. The Morgan fingerprint density at radius 3 is 3.00 bits per heavy atom. The Morgan fingerprint density at radius 1 is 1.58 bits per heavy atom. The fraction of sp³-hybridized carbons (Fsp3) is 0.417. The number of rotatable bonds is 6. The molecule has 0 N–H and O–H groups in total. The van der Waals surface area contributed by atoms with Gasteiger partial charge in [0.2, 0.25) is 0 Å². The Kier molecular flexibility index (Phi) is 4.68. The molecule has 0 unspecified atom stereocenters. The van der Waals surface area contributed by atoms with Gasteiger partial charge in [0, 0.05) is 18.2 Å². The molecule has 0 aliphatic rings. The lowest BCUT2D eigenvalue weighted by Crippen LogP contribution is -2.15. The summed E-state index contributed by atoms with van der Waals surface area (Å²) in [6.45, 7) is 2.89. The molecule has 0 saturated heterocycles. The van der Waals surface area contributed by atoms with Crippen LogP contribution in [0.4, 0.5) is 0 Å². The second kappa shape index (κ2) is 6.27. The number of aryl methyl sites for hydroxylation is 1. The van der Waals surface area contributed by atoms with E-state index in [2.05, 4.69) is 10.1 Å². The van der Waals surface area contributed by atoms with E-state index in [1.165, 1.54) is 17.5 Å². The molecule has 0 spiro atoms. The van der Waals surface area contributed by atoms with Crippen molar-refractivity contribution in [3.63, 3.8) is 0 Å². The Balaban J connectivity index is 2.16. The first-order valence-electron chi connectivity index (χ1n) is 5.76. The van der Waals surface area contributed by atoms with Gasteiger partial charge in [-0.25, -0.2) is 4.98 Å². The van der Waals surface area contributed by atoms with Gasteiger partial charge in [0.05, 0.1) is 30.8 Å². The van der Waals surface area contributed by atoms with Crippen LogP contribution in [0.2, 0.25) is 5.02 Å². The maximum absolute atomic E-state index is 12.3. The van der Waals surface area contributed by atoms with E-state index in [0.717, 1.165) is 10.7 Å². The maximum Gasteiger partial charge on any atom is 0.189 e. The van der Waals surface area contributed by atoms with Crippen LogP contribution < -0.4 is 0 Å². The molecule has 102 valence electrons. The highest BCUT2D eigenvalue weighted by atomic mass is 35.5. The Hall–Kier alpha value is -1.24. The highest BCUT2D eigenvalue weighted by Crippen LogP contribution is 2.19. The molecule has 0 fully saturated rings. The van der Waals surface area contributed by atoms with Gasteiger partial charge in [0.15, 0.2) is 5.78 Å². The van der Waals surface area contributed by atoms with E-state index < -0.39 is 0 Å². The molecule has 0 saturated carbocycles. The van der Waals surface area contributed by atoms with Crippen molar-refractivity contribution in [1.82, 2.24) is 14.8 Å². The number of methoxy groups -OCH3 is 1. The van der Waals surface area contributed by atoms with Crippen LogP contribution in [0.1, 0.15) is 21.2 Å². The fourth-order valence-corrected chi connectivity index (χ4v) is 2.71. The molecule has 0 aromatic carbocycles. The van der Waals surface area contributed by atoms with E-state index in [4.69, 9.17) is 16.3 Å². The van der Waals surface area contributed by atoms with Gasteiger partial charge in [-0.3, -0.25) is 9.48 Å². The van der Waals surface area contributed by atoms with Crippen molar-refractivity contribution in [3.8, 4) is 0 Å². The van der Waals surface area contributed by atoms with Crippen molar-refractivity contribution >= 4 is 28.7 Å². The first kappa shape index (κ1) is 14.2. The SMILES string of the molecule is COCCn1ncc(Cl)c1C(=O)Cc1nc(C)cs1. The van der Waals surface area contributed by atoms with Crippen molar-refractivity contribution in [1.29, 1.82) is 0 Å². The van der Waals surface area contributed by atoms with Gasteiger partial charge < -0.3 is 4.74 Å². The monoisotopic (exact) mass is 299 g/mol. The van der Waals surface area contributed by atoms with Gasteiger partial charge in [0.25, 0.3) is 0 Å². The number of hydrogen-bond acceptors (Lipinski definition) is 5. The molecule has 19 heavy (non-hydrogen) atoms. The number of aromatic nitrogens is 3. The zero-order valence-electron chi connectivity index (χ0n) is 10.7. The molecule has 0 radical (unpaired) electrons. The van der Waals surface area contributed by atoms with Crippen molar-refractivity contribution in [2.24, 2.45) is 0 Å². The van der Waals surface area contributed by atoms with Crippen molar-refractivity contribution in [2.75, 3.05) is 13.7 Å². The van der Waals surface area contributed by atoms with Crippen molar-refractivity contribution in [3.05, 3.63) is 33.0 Å². The molecule has 7 heteroatoms. The highest BCUT2D eigenvalue weighted by molar-refractivity contribution is 7.09. The number of carbonyl (C=O) groups is 1. The predicted molar refractivity (Wildman–Crippen MR) is 74.0 cm³/mol. The van der Waals surface area contributed by atoms with E-state index in [1.807, 2.05) is 12.3 Å². The molecule has 0 atom stereocenters. The first-order chi connectivity index (χ1) is 9.11. The second-order valence-corrected chi connectivity index (χ2v) is 5.39. The largest absolute Gasteiger partial charge is 0.383 e. The van der Waals surface area contributed by atoms with E-state index in [1.54, 1.807) is 11.8 Å². The number of halogens is 1. The molecule has 2 aromatic heterocycles. The van der Waals surface area contributed by atoms with Crippen LogP contribution in [-0.2, 0) is 17.7 Å². The normalized spacial score (nSPS) is 10.9. The standard InChI is InChI=1S/C12H14ClN3O2S/c1-8-7-19-11(15-8)5-10(17)12-9(13)6-14-16(12)3-4-18-2/h6-7H,3-5H2,1-2H3. The summed E-state index contributed by atoms with van der Waals surface area (Å²) in [5.41, 5.74) is 1.35. The lowest BCUT2D eigenvalue weighted by atomic mass is 10.2. The number of nitrogens with zero attached hydrogens (tertiary/aromatic N) is 3. The zero-order chi connectivity index (χ0) is 13.8. The summed E-state index contributed by atoms with van der Waals surface area (Å²) in [4.78, 5) is 16.6.